The van der Waals surface area contributed by atoms with Crippen LogP contribution >= 0.6 is 0 Å². The van der Waals surface area contributed by atoms with E-state index in [0.29, 0.717) is 54.5 Å². The fraction of sp³-hybridized carbons (Fsp3) is 0.290. The van der Waals surface area contributed by atoms with Crippen LogP contribution in [-0.2, 0) is 6.54 Å². The summed E-state index contributed by atoms with van der Waals surface area (Å²) >= 11 is 0. The van der Waals surface area contributed by atoms with Crippen LogP contribution in [0.5, 0.6) is 0 Å². The number of nitrogens with one attached hydrogen (secondary N) is 1. The summed E-state index contributed by atoms with van der Waals surface area (Å²) in [7, 11) is 0. The molecule has 0 spiro atoms. The van der Waals surface area contributed by atoms with Gasteiger partial charge in [0.25, 0.3) is 11.5 Å². The maximum atomic E-state index is 14.1. The second kappa shape index (κ2) is 11.1. The Balaban J connectivity index is 1.68. The summed E-state index contributed by atoms with van der Waals surface area (Å²) in [5.74, 6) is -0.191. The topological polar surface area (TPSA) is 74.6 Å². The molecule has 190 valence electrons. The van der Waals surface area contributed by atoms with Crippen molar-refractivity contribution in [3.63, 3.8) is 0 Å². The van der Waals surface area contributed by atoms with Crippen LogP contribution in [0.15, 0.2) is 89.7 Å². The highest BCUT2D eigenvalue weighted by Gasteiger charge is 2.27. The Bertz CT molecular complexity index is 1430. The molecule has 2 N–H and O–H groups in total. The molecule has 2 heterocycles. The largest absolute Gasteiger partial charge is 0.393 e. The van der Waals surface area contributed by atoms with Crippen LogP contribution in [0.25, 0.3) is 16.5 Å². The average molecular weight is 496 g/mol. The number of benzene rings is 3. The Hall–Kier alpha value is -3.74. The average Bonchev–Trinajstić information content (AvgIpc) is 2.94. The highest BCUT2D eigenvalue weighted by molar-refractivity contribution is 6.08. The summed E-state index contributed by atoms with van der Waals surface area (Å²) < 4.78 is 1.70. The molecule has 0 saturated carbocycles. The van der Waals surface area contributed by atoms with Crippen molar-refractivity contribution in [3.05, 3.63) is 112 Å². The van der Waals surface area contributed by atoms with Gasteiger partial charge in [0.2, 0.25) is 0 Å². The number of pyridine rings is 1. The molecule has 0 radical (unpaired) electrons. The molecule has 1 aliphatic rings. The van der Waals surface area contributed by atoms with E-state index in [-0.39, 0.29) is 23.6 Å². The Labute approximate surface area is 217 Å². The van der Waals surface area contributed by atoms with Crippen molar-refractivity contribution >= 4 is 16.7 Å². The number of aromatic nitrogens is 1. The molecule has 6 nitrogen and oxygen atoms in total. The minimum atomic E-state index is -0.303. The first-order valence-electron chi connectivity index (χ1n) is 13.0. The highest BCUT2D eigenvalue weighted by Crippen LogP contribution is 2.26. The maximum absolute atomic E-state index is 14.1. The number of para-hydroxylation sites is 1. The van der Waals surface area contributed by atoms with Crippen molar-refractivity contribution in [3.8, 4) is 5.69 Å². The molecule has 1 atom stereocenters. The second-order valence-electron chi connectivity index (χ2n) is 9.70. The number of hydrogen-bond acceptors (Lipinski definition) is 4. The number of carbonyl (C=O) groups is 1. The fourth-order valence-electron chi connectivity index (χ4n) is 5.28. The monoisotopic (exact) mass is 495 g/mol. The minimum absolute atomic E-state index is 0.138. The van der Waals surface area contributed by atoms with Gasteiger partial charge < -0.3 is 10.4 Å². The zero-order valence-electron chi connectivity index (χ0n) is 21.1. The van der Waals surface area contributed by atoms with E-state index in [1.165, 1.54) is 0 Å². The number of amides is 1. The lowest BCUT2D eigenvalue weighted by Gasteiger charge is -2.31. The lowest BCUT2D eigenvalue weighted by molar-refractivity contribution is 0.0776. The molecule has 5 rings (SSSR count). The molecular weight excluding hydrogens is 462 g/mol. The number of carbonyl (C=O) groups excluding carboxylic acids is 1. The van der Waals surface area contributed by atoms with Crippen LogP contribution in [0.2, 0.25) is 0 Å². The molecule has 4 aromatic rings. The Morgan fingerprint density at radius 1 is 0.919 bits per heavy atom. The van der Waals surface area contributed by atoms with Gasteiger partial charge in [0, 0.05) is 36.1 Å². The van der Waals surface area contributed by atoms with Crippen LogP contribution < -0.4 is 10.9 Å². The molecule has 1 aromatic heterocycles. The fourth-order valence-corrected chi connectivity index (χ4v) is 5.28. The number of fused-ring (bicyclic) bond motifs is 1. The molecule has 6 heteroatoms. The van der Waals surface area contributed by atoms with Gasteiger partial charge in [-0.3, -0.25) is 19.1 Å². The van der Waals surface area contributed by atoms with E-state index in [1.807, 2.05) is 78.9 Å². The third kappa shape index (κ3) is 5.22. The van der Waals surface area contributed by atoms with Crippen molar-refractivity contribution in [2.75, 3.05) is 13.1 Å². The van der Waals surface area contributed by atoms with Gasteiger partial charge in [-0.05, 0) is 43.0 Å². The number of nitrogens with zero attached hydrogens (tertiary/aromatic N) is 2. The van der Waals surface area contributed by atoms with E-state index in [9.17, 15) is 14.7 Å². The lowest BCUT2D eigenvalue weighted by Crippen LogP contribution is -2.39. The molecule has 0 unspecified atom stereocenters. The zero-order chi connectivity index (χ0) is 25.8. The van der Waals surface area contributed by atoms with Crippen LogP contribution in [-0.4, -0.2) is 39.7 Å². The van der Waals surface area contributed by atoms with Crippen LogP contribution in [0.1, 0.15) is 53.8 Å². The molecule has 1 aliphatic heterocycles. The first kappa shape index (κ1) is 24.9. The standard InChI is InChI=1S/C31H33N3O3/c1-2-27(22-11-5-3-6-12-22)32-30(36)29-25-15-9-10-16-26(25)31(37)34(23-13-7-4-8-14-23)28(29)21-33-19-17-24(35)18-20-33/h3-16,24,27,35H,2,17-21H2,1H3,(H,32,36)/t27-/m0/s1. The quantitative estimate of drug-likeness (QED) is 0.385. The summed E-state index contributed by atoms with van der Waals surface area (Å²) in [5.41, 5.74) is 2.84. The Morgan fingerprint density at radius 3 is 2.16 bits per heavy atom. The number of hydrogen-bond donors (Lipinski definition) is 2. The first-order valence-corrected chi connectivity index (χ1v) is 13.0. The van der Waals surface area contributed by atoms with Gasteiger partial charge in [-0.1, -0.05) is 73.7 Å². The molecule has 1 amide bonds. The Kier molecular flexibility index (Phi) is 7.49. The number of aliphatic hydroxyl groups excluding tert-OH is 1. The van der Waals surface area contributed by atoms with Crippen LogP contribution in [0, 0.1) is 0 Å². The summed E-state index contributed by atoms with van der Waals surface area (Å²) in [6.45, 7) is 3.91. The van der Waals surface area contributed by atoms with E-state index in [4.69, 9.17) is 0 Å². The van der Waals surface area contributed by atoms with Crippen molar-refractivity contribution in [2.24, 2.45) is 0 Å². The molecule has 3 aromatic carbocycles. The van der Waals surface area contributed by atoms with Crippen molar-refractivity contribution in [2.45, 2.75) is 44.9 Å². The molecule has 1 fully saturated rings. The zero-order valence-corrected chi connectivity index (χ0v) is 21.1. The highest BCUT2D eigenvalue weighted by atomic mass is 16.3. The molecule has 1 saturated heterocycles. The lowest BCUT2D eigenvalue weighted by atomic mass is 9.99. The van der Waals surface area contributed by atoms with Gasteiger partial charge in [-0.2, -0.15) is 0 Å². The first-order chi connectivity index (χ1) is 18.1. The van der Waals surface area contributed by atoms with E-state index in [0.717, 1.165) is 17.7 Å². The number of likely N-dealkylation sites (tertiary alicyclic amines) is 1. The summed E-state index contributed by atoms with van der Waals surface area (Å²) in [6.07, 6.45) is 1.79. The van der Waals surface area contributed by atoms with Crippen LogP contribution in [0.4, 0.5) is 0 Å². The van der Waals surface area contributed by atoms with E-state index in [2.05, 4.69) is 17.1 Å². The third-order valence-electron chi connectivity index (χ3n) is 7.28. The summed E-state index contributed by atoms with van der Waals surface area (Å²) in [4.78, 5) is 30.2. The second-order valence-corrected chi connectivity index (χ2v) is 9.70. The molecule has 0 bridgehead atoms. The van der Waals surface area contributed by atoms with Crippen molar-refractivity contribution in [1.82, 2.24) is 14.8 Å². The summed E-state index contributed by atoms with van der Waals surface area (Å²) in [6, 6.07) is 26.7. The molecule has 0 aliphatic carbocycles. The third-order valence-corrected chi connectivity index (χ3v) is 7.28. The van der Waals surface area contributed by atoms with Gasteiger partial charge in [-0.15, -0.1) is 0 Å². The normalized spacial score (nSPS) is 15.5. The number of aliphatic hydroxyl groups is 1. The molecular formula is C31H33N3O3. The van der Waals surface area contributed by atoms with Gasteiger partial charge in [0.15, 0.2) is 0 Å². The maximum Gasteiger partial charge on any atom is 0.263 e. The number of piperidine rings is 1. The predicted molar refractivity (Wildman–Crippen MR) is 147 cm³/mol. The van der Waals surface area contributed by atoms with Crippen LogP contribution in [0.3, 0.4) is 0 Å². The predicted octanol–water partition coefficient (Wildman–Crippen LogP) is 4.83. The van der Waals surface area contributed by atoms with E-state index >= 15 is 0 Å². The van der Waals surface area contributed by atoms with Gasteiger partial charge in [-0.25, -0.2) is 0 Å². The molecule has 37 heavy (non-hydrogen) atoms. The van der Waals surface area contributed by atoms with E-state index in [1.54, 1.807) is 10.6 Å². The van der Waals surface area contributed by atoms with Gasteiger partial charge >= 0.3 is 0 Å². The van der Waals surface area contributed by atoms with E-state index < -0.39 is 0 Å². The minimum Gasteiger partial charge on any atom is -0.393 e. The van der Waals surface area contributed by atoms with Gasteiger partial charge in [0.1, 0.15) is 0 Å². The Morgan fingerprint density at radius 2 is 1.51 bits per heavy atom. The van der Waals surface area contributed by atoms with Crippen molar-refractivity contribution < 1.29 is 9.90 Å². The number of rotatable bonds is 7. The van der Waals surface area contributed by atoms with Crippen molar-refractivity contribution in [1.29, 1.82) is 0 Å². The summed E-state index contributed by atoms with van der Waals surface area (Å²) in [5, 5.41) is 14.5. The smallest absolute Gasteiger partial charge is 0.263 e. The SMILES string of the molecule is CC[C@H](NC(=O)c1c(CN2CCC(O)CC2)n(-c2ccccc2)c(=O)c2ccccc12)c1ccccc1. The van der Waals surface area contributed by atoms with Gasteiger partial charge in [0.05, 0.1) is 23.4 Å².